The van der Waals surface area contributed by atoms with Crippen molar-refractivity contribution in [1.29, 1.82) is 0 Å². The first-order valence-electron chi connectivity index (χ1n) is 9.71. The Labute approximate surface area is 160 Å². The maximum atomic E-state index is 12.9. The van der Waals surface area contributed by atoms with Crippen LogP contribution in [0.5, 0.6) is 5.75 Å². The Morgan fingerprint density at radius 1 is 1.19 bits per heavy atom. The van der Waals surface area contributed by atoms with Gasteiger partial charge in [-0.2, -0.15) is 0 Å². The van der Waals surface area contributed by atoms with Crippen LogP contribution in [0, 0.1) is 0 Å². The van der Waals surface area contributed by atoms with Crippen LogP contribution < -0.4 is 15.4 Å². The lowest BCUT2D eigenvalue weighted by molar-refractivity contribution is -0.129. The zero-order valence-corrected chi connectivity index (χ0v) is 15.5. The number of carbonyl (C=O) groups is 1. The van der Waals surface area contributed by atoms with E-state index in [0.717, 1.165) is 54.8 Å². The molecule has 4 rings (SSSR count). The molecule has 142 valence electrons. The smallest absolute Gasteiger partial charge is 0.256 e. The minimum Gasteiger partial charge on any atom is -0.489 e. The molecule has 2 aromatic rings. The highest BCUT2D eigenvalue weighted by Crippen LogP contribution is 2.33. The lowest BCUT2D eigenvalue weighted by atomic mass is 10.0. The molecule has 2 aromatic carbocycles. The third-order valence-corrected chi connectivity index (χ3v) is 5.33. The van der Waals surface area contributed by atoms with Crippen LogP contribution in [-0.2, 0) is 22.6 Å². The molecule has 1 amide bonds. The Hall–Kier alpha value is -2.37. The predicted octanol–water partition coefficient (Wildman–Crippen LogP) is 3.05. The highest BCUT2D eigenvalue weighted by atomic mass is 16.5. The van der Waals surface area contributed by atoms with Crippen molar-refractivity contribution in [3.05, 3.63) is 59.7 Å². The molecule has 0 aliphatic carbocycles. The van der Waals surface area contributed by atoms with E-state index in [9.17, 15) is 4.79 Å². The van der Waals surface area contributed by atoms with Gasteiger partial charge in [-0.3, -0.25) is 4.79 Å². The summed E-state index contributed by atoms with van der Waals surface area (Å²) in [6, 6.07) is 16.1. The van der Waals surface area contributed by atoms with Gasteiger partial charge in [0.25, 0.3) is 5.91 Å². The maximum Gasteiger partial charge on any atom is 0.256 e. The third kappa shape index (κ3) is 3.99. The fourth-order valence-electron chi connectivity index (χ4n) is 3.87. The van der Waals surface area contributed by atoms with E-state index < -0.39 is 0 Å². The molecule has 0 saturated carbocycles. The molecule has 0 aromatic heterocycles. The Morgan fingerprint density at radius 2 is 2.04 bits per heavy atom. The van der Waals surface area contributed by atoms with Crippen LogP contribution in [0.3, 0.4) is 0 Å². The highest BCUT2D eigenvalue weighted by Gasteiger charge is 2.35. The molecule has 2 heterocycles. The SMILES string of the molecule is NC[C@H]1CC[C@@H](C(=O)N2CCCc3cc(OCc4ccccc4)ccc32)O1. The van der Waals surface area contributed by atoms with E-state index in [-0.39, 0.29) is 18.1 Å². The van der Waals surface area contributed by atoms with Crippen LogP contribution in [0.25, 0.3) is 0 Å². The van der Waals surface area contributed by atoms with Crippen molar-refractivity contribution in [3.8, 4) is 5.75 Å². The second kappa shape index (κ2) is 8.11. The Bertz CT molecular complexity index is 793. The average Bonchev–Trinajstić information content (AvgIpc) is 3.21. The van der Waals surface area contributed by atoms with E-state index in [1.54, 1.807) is 0 Å². The standard InChI is InChI=1S/C22H26N2O3/c23-14-19-9-11-21(27-19)22(25)24-12-4-7-17-13-18(8-10-20(17)24)26-15-16-5-2-1-3-6-16/h1-3,5-6,8,10,13,19,21H,4,7,9,11-12,14-15,23H2/t19-,21+/m1/s1. The van der Waals surface area contributed by atoms with Crippen molar-refractivity contribution in [2.45, 2.75) is 44.5 Å². The predicted molar refractivity (Wildman–Crippen MR) is 105 cm³/mol. The third-order valence-electron chi connectivity index (χ3n) is 5.33. The average molecular weight is 366 g/mol. The fraction of sp³-hybridized carbons (Fsp3) is 0.409. The zero-order valence-electron chi connectivity index (χ0n) is 15.5. The molecule has 0 unspecified atom stereocenters. The highest BCUT2D eigenvalue weighted by molar-refractivity contribution is 5.97. The van der Waals surface area contributed by atoms with E-state index in [1.165, 1.54) is 0 Å². The number of anilines is 1. The van der Waals surface area contributed by atoms with E-state index in [0.29, 0.717) is 13.2 Å². The number of hydrogen-bond donors (Lipinski definition) is 1. The number of nitrogens with two attached hydrogens (primary N) is 1. The van der Waals surface area contributed by atoms with Gasteiger partial charge < -0.3 is 20.1 Å². The van der Waals surface area contributed by atoms with Crippen LogP contribution in [0.2, 0.25) is 0 Å². The monoisotopic (exact) mass is 366 g/mol. The summed E-state index contributed by atoms with van der Waals surface area (Å²) >= 11 is 0. The van der Waals surface area contributed by atoms with Crippen molar-refractivity contribution in [2.75, 3.05) is 18.0 Å². The second-order valence-corrected chi connectivity index (χ2v) is 7.22. The molecule has 0 spiro atoms. The molecule has 1 fully saturated rings. The molecular weight excluding hydrogens is 340 g/mol. The fourth-order valence-corrected chi connectivity index (χ4v) is 3.87. The first-order chi connectivity index (χ1) is 13.2. The van der Waals surface area contributed by atoms with Gasteiger partial charge in [0.2, 0.25) is 0 Å². The number of rotatable bonds is 5. The first kappa shape index (κ1) is 18.0. The second-order valence-electron chi connectivity index (χ2n) is 7.22. The first-order valence-corrected chi connectivity index (χ1v) is 9.71. The van der Waals surface area contributed by atoms with Crippen LogP contribution in [0.15, 0.2) is 48.5 Å². The number of hydrogen-bond acceptors (Lipinski definition) is 4. The van der Waals surface area contributed by atoms with Crippen LogP contribution >= 0.6 is 0 Å². The molecule has 1 saturated heterocycles. The molecule has 0 bridgehead atoms. The summed E-state index contributed by atoms with van der Waals surface area (Å²) in [5.41, 5.74) is 8.96. The van der Waals surface area contributed by atoms with Gasteiger partial charge in [-0.1, -0.05) is 30.3 Å². The van der Waals surface area contributed by atoms with Gasteiger partial charge in [0.15, 0.2) is 0 Å². The van der Waals surface area contributed by atoms with Gasteiger partial charge in [0.1, 0.15) is 18.5 Å². The summed E-state index contributed by atoms with van der Waals surface area (Å²) in [6.45, 7) is 1.75. The molecule has 0 radical (unpaired) electrons. The van der Waals surface area contributed by atoms with Crippen LogP contribution in [0.1, 0.15) is 30.4 Å². The van der Waals surface area contributed by atoms with Gasteiger partial charge >= 0.3 is 0 Å². The molecule has 5 heteroatoms. The van der Waals surface area contributed by atoms with Gasteiger partial charge in [-0.15, -0.1) is 0 Å². The molecule has 27 heavy (non-hydrogen) atoms. The van der Waals surface area contributed by atoms with Gasteiger partial charge in [-0.05, 0) is 55.0 Å². The number of carbonyl (C=O) groups excluding carboxylic acids is 1. The quantitative estimate of drug-likeness (QED) is 0.883. The summed E-state index contributed by atoms with van der Waals surface area (Å²) in [4.78, 5) is 14.8. The van der Waals surface area contributed by atoms with Crippen LogP contribution in [0.4, 0.5) is 5.69 Å². The summed E-state index contributed by atoms with van der Waals surface area (Å²) in [6.07, 6.45) is 3.17. The number of benzene rings is 2. The van der Waals surface area contributed by atoms with Gasteiger partial charge in [0, 0.05) is 18.8 Å². The molecule has 2 aliphatic rings. The number of fused-ring (bicyclic) bond motifs is 1. The molecule has 5 nitrogen and oxygen atoms in total. The largest absolute Gasteiger partial charge is 0.489 e. The van der Waals surface area contributed by atoms with Crippen molar-refractivity contribution in [1.82, 2.24) is 0 Å². The summed E-state index contributed by atoms with van der Waals surface area (Å²) in [5, 5.41) is 0. The lowest BCUT2D eigenvalue weighted by Crippen LogP contribution is -2.42. The van der Waals surface area contributed by atoms with Gasteiger partial charge in [-0.25, -0.2) is 0 Å². The number of nitrogens with zero attached hydrogens (tertiary/aromatic N) is 1. The topological polar surface area (TPSA) is 64.8 Å². The Balaban J connectivity index is 1.46. The Kier molecular flexibility index (Phi) is 5.41. The molecular formula is C22H26N2O3. The van der Waals surface area contributed by atoms with Crippen molar-refractivity contribution in [3.63, 3.8) is 0 Å². The summed E-state index contributed by atoms with van der Waals surface area (Å²) in [7, 11) is 0. The molecule has 2 aliphatic heterocycles. The van der Waals surface area contributed by atoms with E-state index >= 15 is 0 Å². The van der Waals surface area contributed by atoms with Crippen LogP contribution in [-0.4, -0.2) is 31.2 Å². The summed E-state index contributed by atoms with van der Waals surface area (Å²) < 4.78 is 11.8. The number of amides is 1. The normalized spacial score (nSPS) is 21.7. The van der Waals surface area contributed by atoms with Gasteiger partial charge in [0.05, 0.1) is 6.10 Å². The molecule has 2 atom stereocenters. The van der Waals surface area contributed by atoms with E-state index in [2.05, 4.69) is 18.2 Å². The molecule has 2 N–H and O–H groups in total. The Morgan fingerprint density at radius 3 is 2.81 bits per heavy atom. The summed E-state index contributed by atoms with van der Waals surface area (Å²) in [5.74, 6) is 0.900. The zero-order chi connectivity index (χ0) is 18.6. The minimum atomic E-state index is -0.362. The number of ether oxygens (including phenoxy) is 2. The van der Waals surface area contributed by atoms with E-state index in [1.807, 2.05) is 35.2 Å². The number of aryl methyl sites for hydroxylation is 1. The minimum absolute atomic E-state index is 0.0111. The lowest BCUT2D eigenvalue weighted by Gasteiger charge is -2.31. The van der Waals surface area contributed by atoms with Crippen molar-refractivity contribution < 1.29 is 14.3 Å². The van der Waals surface area contributed by atoms with Crippen molar-refractivity contribution in [2.24, 2.45) is 5.73 Å². The maximum absolute atomic E-state index is 12.9. The van der Waals surface area contributed by atoms with E-state index in [4.69, 9.17) is 15.2 Å². The van der Waals surface area contributed by atoms with Crippen molar-refractivity contribution >= 4 is 11.6 Å².